The van der Waals surface area contributed by atoms with E-state index in [0.717, 1.165) is 19.3 Å². The SMILES string of the molecule is CC(C)CC(CNC(=O)C1CCCC(N)C1)C(=O)O. The number of nitrogens with one attached hydrogen (secondary N) is 1. The Bertz CT molecular complexity index is 318. The number of carboxylic acids is 1. The molecule has 5 heteroatoms. The van der Waals surface area contributed by atoms with Crippen LogP contribution in [0.2, 0.25) is 0 Å². The Morgan fingerprint density at radius 1 is 1.37 bits per heavy atom. The summed E-state index contributed by atoms with van der Waals surface area (Å²) in [4.78, 5) is 23.1. The third-order valence-electron chi connectivity index (χ3n) is 3.71. The van der Waals surface area contributed by atoms with Gasteiger partial charge in [0.05, 0.1) is 5.92 Å². The Balaban J connectivity index is 2.40. The van der Waals surface area contributed by atoms with Crippen molar-refractivity contribution in [3.63, 3.8) is 0 Å². The molecule has 0 heterocycles. The molecule has 5 nitrogen and oxygen atoms in total. The molecule has 3 unspecified atom stereocenters. The molecule has 0 aromatic rings. The fourth-order valence-corrected chi connectivity index (χ4v) is 2.67. The van der Waals surface area contributed by atoms with Crippen LogP contribution in [0.15, 0.2) is 0 Å². The van der Waals surface area contributed by atoms with Crippen LogP contribution in [-0.4, -0.2) is 29.6 Å². The van der Waals surface area contributed by atoms with Gasteiger partial charge < -0.3 is 16.2 Å². The van der Waals surface area contributed by atoms with Crippen LogP contribution in [-0.2, 0) is 9.59 Å². The number of rotatable bonds is 6. The monoisotopic (exact) mass is 270 g/mol. The van der Waals surface area contributed by atoms with E-state index in [1.165, 1.54) is 0 Å². The van der Waals surface area contributed by atoms with Gasteiger partial charge in [-0.3, -0.25) is 9.59 Å². The van der Waals surface area contributed by atoms with E-state index in [0.29, 0.717) is 18.8 Å². The Hall–Kier alpha value is -1.10. The maximum Gasteiger partial charge on any atom is 0.308 e. The first-order chi connectivity index (χ1) is 8.90. The number of carbonyl (C=O) groups excluding carboxylic acids is 1. The van der Waals surface area contributed by atoms with Gasteiger partial charge >= 0.3 is 5.97 Å². The van der Waals surface area contributed by atoms with E-state index >= 15 is 0 Å². The Kier molecular flexibility index (Phi) is 6.28. The van der Waals surface area contributed by atoms with E-state index < -0.39 is 11.9 Å². The van der Waals surface area contributed by atoms with E-state index in [-0.39, 0.29) is 24.4 Å². The molecular weight excluding hydrogens is 244 g/mol. The van der Waals surface area contributed by atoms with Crippen molar-refractivity contribution in [2.75, 3.05) is 6.54 Å². The molecule has 110 valence electrons. The van der Waals surface area contributed by atoms with Gasteiger partial charge in [-0.15, -0.1) is 0 Å². The average Bonchev–Trinajstić information content (AvgIpc) is 2.33. The van der Waals surface area contributed by atoms with Crippen molar-refractivity contribution in [1.82, 2.24) is 5.32 Å². The minimum absolute atomic E-state index is 0.0369. The maximum atomic E-state index is 12.0. The van der Waals surface area contributed by atoms with Crippen molar-refractivity contribution < 1.29 is 14.7 Å². The normalized spacial score (nSPS) is 25.1. The van der Waals surface area contributed by atoms with Gasteiger partial charge in [-0.05, 0) is 31.6 Å². The van der Waals surface area contributed by atoms with E-state index in [4.69, 9.17) is 10.8 Å². The molecule has 1 aliphatic rings. The predicted molar refractivity (Wildman–Crippen MR) is 73.5 cm³/mol. The minimum Gasteiger partial charge on any atom is -0.481 e. The summed E-state index contributed by atoms with van der Waals surface area (Å²) in [6.07, 6.45) is 4.12. The lowest BCUT2D eigenvalue weighted by Gasteiger charge is -2.26. The van der Waals surface area contributed by atoms with Crippen LogP contribution in [0, 0.1) is 17.8 Å². The number of aliphatic carboxylic acids is 1. The molecule has 0 aromatic heterocycles. The molecule has 1 fully saturated rings. The first-order valence-electron chi connectivity index (χ1n) is 7.16. The van der Waals surface area contributed by atoms with Crippen LogP contribution in [0.4, 0.5) is 0 Å². The minimum atomic E-state index is -0.839. The third kappa shape index (κ3) is 5.59. The zero-order valence-electron chi connectivity index (χ0n) is 11.9. The standard InChI is InChI=1S/C14H26N2O3/c1-9(2)6-11(14(18)19)8-16-13(17)10-4-3-5-12(15)7-10/h9-12H,3-8,15H2,1-2H3,(H,16,17)(H,18,19). The molecule has 0 aliphatic heterocycles. The van der Waals surface area contributed by atoms with Crippen molar-refractivity contribution in [1.29, 1.82) is 0 Å². The van der Waals surface area contributed by atoms with Crippen molar-refractivity contribution in [3.8, 4) is 0 Å². The van der Waals surface area contributed by atoms with Crippen LogP contribution in [0.5, 0.6) is 0 Å². The summed E-state index contributed by atoms with van der Waals surface area (Å²) in [5.74, 6) is -1.11. The summed E-state index contributed by atoms with van der Waals surface area (Å²) in [7, 11) is 0. The highest BCUT2D eigenvalue weighted by molar-refractivity contribution is 5.79. The molecule has 1 amide bonds. The van der Waals surface area contributed by atoms with Gasteiger partial charge in [0.15, 0.2) is 0 Å². The topological polar surface area (TPSA) is 92.4 Å². The van der Waals surface area contributed by atoms with Crippen molar-refractivity contribution >= 4 is 11.9 Å². The number of carbonyl (C=O) groups is 2. The highest BCUT2D eigenvalue weighted by Crippen LogP contribution is 2.23. The molecule has 1 rings (SSSR count). The van der Waals surface area contributed by atoms with Crippen LogP contribution < -0.4 is 11.1 Å². The molecule has 0 spiro atoms. The second-order valence-electron chi connectivity index (χ2n) is 6.03. The van der Waals surface area contributed by atoms with Crippen LogP contribution in [0.1, 0.15) is 46.0 Å². The molecule has 4 N–H and O–H groups in total. The van der Waals surface area contributed by atoms with Gasteiger partial charge in [0.25, 0.3) is 0 Å². The summed E-state index contributed by atoms with van der Waals surface area (Å²) in [6.45, 7) is 4.19. The average molecular weight is 270 g/mol. The van der Waals surface area contributed by atoms with Crippen molar-refractivity contribution in [2.45, 2.75) is 52.0 Å². The summed E-state index contributed by atoms with van der Waals surface area (Å²) in [6, 6.07) is 0.107. The first kappa shape index (κ1) is 16.0. The number of amides is 1. The molecule has 19 heavy (non-hydrogen) atoms. The zero-order valence-corrected chi connectivity index (χ0v) is 11.9. The number of carboxylic acid groups (broad SMARTS) is 1. The molecule has 3 atom stereocenters. The van der Waals surface area contributed by atoms with Crippen LogP contribution >= 0.6 is 0 Å². The fraction of sp³-hybridized carbons (Fsp3) is 0.857. The molecule has 0 radical (unpaired) electrons. The molecule has 1 saturated carbocycles. The van der Waals surface area contributed by atoms with Gasteiger partial charge in [-0.1, -0.05) is 20.3 Å². The molecule has 0 bridgehead atoms. The summed E-state index contributed by atoms with van der Waals surface area (Å²) >= 11 is 0. The van der Waals surface area contributed by atoms with Crippen molar-refractivity contribution in [3.05, 3.63) is 0 Å². The summed E-state index contributed by atoms with van der Waals surface area (Å²) in [5, 5.41) is 11.9. The lowest BCUT2D eigenvalue weighted by atomic mass is 9.85. The van der Waals surface area contributed by atoms with Crippen molar-refractivity contribution in [2.24, 2.45) is 23.5 Å². The van der Waals surface area contributed by atoms with Gasteiger partial charge in [-0.25, -0.2) is 0 Å². The Labute approximate surface area is 114 Å². The largest absolute Gasteiger partial charge is 0.481 e. The fourth-order valence-electron chi connectivity index (χ4n) is 2.67. The van der Waals surface area contributed by atoms with Gasteiger partial charge in [0, 0.05) is 18.5 Å². The number of nitrogens with two attached hydrogens (primary N) is 1. The lowest BCUT2D eigenvalue weighted by molar-refractivity contribution is -0.142. The Morgan fingerprint density at radius 2 is 2.05 bits per heavy atom. The van der Waals surface area contributed by atoms with Gasteiger partial charge in [-0.2, -0.15) is 0 Å². The molecule has 1 aliphatic carbocycles. The number of hydrogen-bond donors (Lipinski definition) is 3. The highest BCUT2D eigenvalue weighted by atomic mass is 16.4. The second kappa shape index (κ2) is 7.48. The van der Waals surface area contributed by atoms with E-state index in [9.17, 15) is 9.59 Å². The second-order valence-corrected chi connectivity index (χ2v) is 6.03. The molecule has 0 aromatic carbocycles. The zero-order chi connectivity index (χ0) is 14.4. The van der Waals surface area contributed by atoms with Gasteiger partial charge in [0.2, 0.25) is 5.91 Å². The first-order valence-corrected chi connectivity index (χ1v) is 7.16. The summed E-state index contributed by atoms with van der Waals surface area (Å²) < 4.78 is 0. The molecule has 0 saturated heterocycles. The maximum absolute atomic E-state index is 12.0. The summed E-state index contributed by atoms with van der Waals surface area (Å²) in [5.41, 5.74) is 5.86. The van der Waals surface area contributed by atoms with Crippen LogP contribution in [0.3, 0.4) is 0 Å². The van der Waals surface area contributed by atoms with Gasteiger partial charge in [0.1, 0.15) is 0 Å². The van der Waals surface area contributed by atoms with E-state index in [1.807, 2.05) is 13.8 Å². The Morgan fingerprint density at radius 3 is 2.58 bits per heavy atom. The number of hydrogen-bond acceptors (Lipinski definition) is 3. The lowest BCUT2D eigenvalue weighted by Crippen LogP contribution is -2.40. The predicted octanol–water partition coefficient (Wildman–Crippen LogP) is 1.37. The smallest absolute Gasteiger partial charge is 0.308 e. The quantitative estimate of drug-likeness (QED) is 0.679. The van der Waals surface area contributed by atoms with E-state index in [1.54, 1.807) is 0 Å². The van der Waals surface area contributed by atoms with Crippen LogP contribution in [0.25, 0.3) is 0 Å². The highest BCUT2D eigenvalue weighted by Gasteiger charge is 2.26. The van der Waals surface area contributed by atoms with E-state index in [2.05, 4.69) is 5.32 Å². The molecular formula is C14H26N2O3. The third-order valence-corrected chi connectivity index (χ3v) is 3.71.